The molecule has 2 N–H and O–H groups in total. The molecule has 4 atom stereocenters. The molecule has 0 amide bonds. The van der Waals surface area contributed by atoms with Crippen LogP contribution >= 0.6 is 0 Å². The van der Waals surface area contributed by atoms with E-state index in [0.29, 0.717) is 0 Å². The van der Waals surface area contributed by atoms with E-state index in [1.165, 1.54) is 0 Å². The minimum Gasteiger partial charge on any atom is -0.456 e. The highest BCUT2D eigenvalue weighted by Gasteiger charge is 2.60. The first-order valence-electron chi connectivity index (χ1n) is 6.72. The molecule has 0 aliphatic carbocycles. The van der Waals surface area contributed by atoms with Crippen LogP contribution in [0.2, 0.25) is 0 Å². The van der Waals surface area contributed by atoms with E-state index in [4.69, 9.17) is 19.7 Å². The minimum absolute atomic E-state index is 0.417. The van der Waals surface area contributed by atoms with Crippen molar-refractivity contribution in [2.24, 2.45) is 5.11 Å². The summed E-state index contributed by atoms with van der Waals surface area (Å²) in [5.41, 5.74) is 8.42. The van der Waals surface area contributed by atoms with Gasteiger partial charge in [-0.3, -0.25) is 14.4 Å². The first kappa shape index (κ1) is 19.6. The second kappa shape index (κ2) is 7.93. The molecule has 0 bridgehead atoms. The predicted molar refractivity (Wildman–Crippen MR) is 72.7 cm³/mol. The molecule has 1 heterocycles. The van der Waals surface area contributed by atoms with Crippen molar-refractivity contribution in [1.82, 2.24) is 0 Å². The molecule has 0 aromatic rings. The summed E-state index contributed by atoms with van der Waals surface area (Å²) in [6, 6.07) is 0. The van der Waals surface area contributed by atoms with Crippen LogP contribution in [0.15, 0.2) is 5.11 Å². The Kier molecular flexibility index (Phi) is 6.49. The van der Waals surface area contributed by atoms with Crippen molar-refractivity contribution in [1.29, 1.82) is 0 Å². The number of carbonyl (C=O) groups is 3. The summed E-state index contributed by atoms with van der Waals surface area (Å²) >= 11 is 0. The first-order chi connectivity index (χ1) is 11.1. The molecule has 24 heavy (non-hydrogen) atoms. The van der Waals surface area contributed by atoms with Crippen LogP contribution in [0.1, 0.15) is 20.8 Å². The fraction of sp³-hybridized carbons (Fsp3) is 0.750. The van der Waals surface area contributed by atoms with Crippen molar-refractivity contribution in [3.05, 3.63) is 10.4 Å². The first-order valence-corrected chi connectivity index (χ1v) is 6.72. The highest BCUT2D eigenvalue weighted by Crippen LogP contribution is 2.33. The van der Waals surface area contributed by atoms with Crippen molar-refractivity contribution in [2.45, 2.75) is 51.2 Å². The van der Waals surface area contributed by atoms with Crippen LogP contribution in [0.25, 0.3) is 10.4 Å². The Hall–Kier alpha value is -2.40. The molecule has 0 aromatic heterocycles. The summed E-state index contributed by atoms with van der Waals surface area (Å²) in [5.74, 6) is -5.68. The number of ether oxygens (including phenoxy) is 4. The molecule has 1 saturated heterocycles. The number of carbonyl (C=O) groups excluding carboxylic acids is 3. The number of nitrogens with zero attached hydrogens (tertiary/aromatic N) is 3. The van der Waals surface area contributed by atoms with E-state index in [1.54, 1.807) is 0 Å². The van der Waals surface area contributed by atoms with E-state index < -0.39 is 54.8 Å². The molecular formula is C12H17N3O9. The van der Waals surface area contributed by atoms with Gasteiger partial charge in [0.15, 0.2) is 6.10 Å². The number of azide groups is 1. The van der Waals surface area contributed by atoms with Gasteiger partial charge in [-0.15, -0.1) is 0 Å². The highest BCUT2D eigenvalue weighted by molar-refractivity contribution is 5.68. The maximum Gasteiger partial charge on any atom is 0.305 e. The smallest absolute Gasteiger partial charge is 0.305 e. The molecule has 0 aromatic carbocycles. The lowest BCUT2D eigenvalue weighted by molar-refractivity contribution is -0.393. The maximum absolute atomic E-state index is 11.3. The van der Waals surface area contributed by atoms with Gasteiger partial charge in [0.05, 0.1) is 6.54 Å². The van der Waals surface area contributed by atoms with Crippen LogP contribution in [0.4, 0.5) is 0 Å². The third-order valence-corrected chi connectivity index (χ3v) is 2.92. The number of hydrogen-bond donors (Lipinski definition) is 2. The van der Waals surface area contributed by atoms with Crippen LogP contribution in [-0.2, 0) is 33.3 Å². The van der Waals surface area contributed by atoms with E-state index in [-0.39, 0.29) is 0 Å². The van der Waals surface area contributed by atoms with Gasteiger partial charge < -0.3 is 29.2 Å². The Labute approximate surface area is 135 Å². The summed E-state index contributed by atoms with van der Waals surface area (Å²) in [6.45, 7) is 2.59. The summed E-state index contributed by atoms with van der Waals surface area (Å²) < 4.78 is 19.6. The Morgan fingerprint density at radius 3 is 2.12 bits per heavy atom. The van der Waals surface area contributed by atoms with E-state index in [0.717, 1.165) is 20.8 Å². The molecule has 1 rings (SSSR count). The van der Waals surface area contributed by atoms with Crippen molar-refractivity contribution in [2.75, 3.05) is 6.54 Å². The van der Waals surface area contributed by atoms with E-state index in [2.05, 4.69) is 14.8 Å². The lowest BCUT2D eigenvalue weighted by Crippen LogP contribution is -2.69. The molecule has 0 radical (unpaired) electrons. The van der Waals surface area contributed by atoms with Crippen LogP contribution < -0.4 is 0 Å². The number of hydrogen-bond acceptors (Lipinski definition) is 10. The fourth-order valence-electron chi connectivity index (χ4n) is 2.10. The molecule has 1 fully saturated rings. The molecule has 0 saturated carbocycles. The van der Waals surface area contributed by atoms with Crippen molar-refractivity contribution in [3.63, 3.8) is 0 Å². The largest absolute Gasteiger partial charge is 0.456 e. The van der Waals surface area contributed by atoms with Gasteiger partial charge in [0.2, 0.25) is 6.10 Å². The minimum atomic E-state index is -3.01. The SMILES string of the molecule is CC(=O)OC1O[C@H](CN=[N+]=[N-])[C@H](OC(C)=O)[C@H](OC(C)=O)C1(O)O. The van der Waals surface area contributed by atoms with E-state index in [1.807, 2.05) is 0 Å². The van der Waals surface area contributed by atoms with Crippen LogP contribution in [0, 0.1) is 0 Å². The van der Waals surface area contributed by atoms with Gasteiger partial charge in [-0.05, 0) is 5.53 Å². The molecule has 1 unspecified atom stereocenters. The van der Waals surface area contributed by atoms with Crippen molar-refractivity contribution < 1.29 is 43.5 Å². The van der Waals surface area contributed by atoms with Gasteiger partial charge in [-0.25, -0.2) is 0 Å². The molecule has 12 heteroatoms. The van der Waals surface area contributed by atoms with Gasteiger partial charge >= 0.3 is 17.9 Å². The molecule has 1 aliphatic heterocycles. The standard InChI is InChI=1S/C12H17N3O9/c1-5(16)21-9-8(4-14-15-13)24-11(23-7(3)18)12(19,20)10(9)22-6(2)17/h8-11,19-20H,4H2,1-3H3/t8-,9+,10+,11?/m1/s1. The Morgan fingerprint density at radius 2 is 1.67 bits per heavy atom. The summed E-state index contributed by atoms with van der Waals surface area (Å²) in [4.78, 5) is 36.2. The zero-order chi connectivity index (χ0) is 18.5. The van der Waals surface area contributed by atoms with Crippen molar-refractivity contribution in [3.8, 4) is 0 Å². The maximum atomic E-state index is 11.3. The molecular weight excluding hydrogens is 330 g/mol. The van der Waals surface area contributed by atoms with E-state index >= 15 is 0 Å². The monoisotopic (exact) mass is 347 g/mol. The van der Waals surface area contributed by atoms with Gasteiger partial charge in [-0.1, -0.05) is 5.11 Å². The Balaban J connectivity index is 3.26. The third kappa shape index (κ3) is 4.80. The molecule has 1 aliphatic rings. The van der Waals surface area contributed by atoms with Crippen LogP contribution in [0.5, 0.6) is 0 Å². The summed E-state index contributed by atoms with van der Waals surface area (Å²) in [6.07, 6.45) is -6.59. The normalized spacial score (nSPS) is 28.2. The van der Waals surface area contributed by atoms with Crippen LogP contribution in [0.3, 0.4) is 0 Å². The quantitative estimate of drug-likeness (QED) is 0.160. The molecule has 12 nitrogen and oxygen atoms in total. The van der Waals surface area contributed by atoms with Crippen LogP contribution in [-0.4, -0.2) is 65.1 Å². The van der Waals surface area contributed by atoms with E-state index in [9.17, 15) is 24.6 Å². The number of esters is 3. The summed E-state index contributed by atoms with van der Waals surface area (Å²) in [7, 11) is 0. The summed E-state index contributed by atoms with van der Waals surface area (Å²) in [5, 5.41) is 23.6. The van der Waals surface area contributed by atoms with Gasteiger partial charge in [0.25, 0.3) is 12.1 Å². The van der Waals surface area contributed by atoms with Gasteiger partial charge in [-0.2, -0.15) is 0 Å². The predicted octanol–water partition coefficient (Wildman–Crippen LogP) is -0.871. The zero-order valence-corrected chi connectivity index (χ0v) is 13.1. The van der Waals surface area contributed by atoms with Gasteiger partial charge in [0.1, 0.15) is 6.10 Å². The highest BCUT2D eigenvalue weighted by atomic mass is 16.8. The lowest BCUT2D eigenvalue weighted by Gasteiger charge is -2.46. The topological polar surface area (TPSA) is 177 Å². The second-order valence-corrected chi connectivity index (χ2v) is 4.92. The molecule has 0 spiro atoms. The number of rotatable bonds is 5. The average molecular weight is 347 g/mol. The average Bonchev–Trinajstić information content (AvgIpc) is 2.43. The van der Waals surface area contributed by atoms with Crippen molar-refractivity contribution >= 4 is 17.9 Å². The third-order valence-electron chi connectivity index (χ3n) is 2.92. The number of aliphatic hydroxyl groups is 2. The Morgan fingerprint density at radius 1 is 1.12 bits per heavy atom. The fourth-order valence-corrected chi connectivity index (χ4v) is 2.10. The second-order valence-electron chi connectivity index (χ2n) is 4.92. The van der Waals surface area contributed by atoms with Gasteiger partial charge in [0, 0.05) is 25.7 Å². The molecule has 134 valence electrons. The zero-order valence-electron chi connectivity index (χ0n) is 13.1. The Bertz CT molecular complexity index is 558. The lowest BCUT2D eigenvalue weighted by atomic mass is 9.95.